The van der Waals surface area contributed by atoms with Crippen LogP contribution in [-0.2, 0) is 0 Å². The summed E-state index contributed by atoms with van der Waals surface area (Å²) in [6.07, 6.45) is 8.49. The molecule has 5 rings (SSSR count). The van der Waals surface area contributed by atoms with Crippen molar-refractivity contribution in [2.75, 3.05) is 13.1 Å². The number of aliphatic hydroxyl groups is 1. The number of nitrogens with zero attached hydrogens (tertiary/aromatic N) is 5. The maximum atomic E-state index is 10.4. The molecule has 0 aromatic carbocycles. The van der Waals surface area contributed by atoms with Gasteiger partial charge in [-0.1, -0.05) is 0 Å². The van der Waals surface area contributed by atoms with Crippen LogP contribution in [0.5, 0.6) is 0 Å². The van der Waals surface area contributed by atoms with E-state index in [1.54, 1.807) is 13.1 Å². The van der Waals surface area contributed by atoms with Gasteiger partial charge in [0.05, 0.1) is 23.7 Å². The lowest BCUT2D eigenvalue weighted by Gasteiger charge is -2.36. The molecule has 28 heavy (non-hydrogen) atoms. The summed E-state index contributed by atoms with van der Waals surface area (Å²) in [4.78, 5) is 14.9. The molecule has 7 heteroatoms. The summed E-state index contributed by atoms with van der Waals surface area (Å²) < 4.78 is 2.27. The van der Waals surface area contributed by atoms with Crippen molar-refractivity contribution in [3.05, 3.63) is 24.3 Å². The van der Waals surface area contributed by atoms with Gasteiger partial charge in [0.15, 0.2) is 0 Å². The van der Waals surface area contributed by atoms with E-state index in [0.29, 0.717) is 12.1 Å². The molecular weight excluding hydrogens is 352 g/mol. The number of hydrogen-bond donors (Lipinski definition) is 2. The average Bonchev–Trinajstić information content (AvgIpc) is 3.44. The van der Waals surface area contributed by atoms with Crippen LogP contribution in [0.1, 0.15) is 57.0 Å². The summed E-state index contributed by atoms with van der Waals surface area (Å²) in [7, 11) is 0. The minimum atomic E-state index is -0.617. The first kappa shape index (κ1) is 17.7. The summed E-state index contributed by atoms with van der Waals surface area (Å²) in [6.45, 7) is 3.77. The molecule has 2 aliphatic rings. The van der Waals surface area contributed by atoms with Crippen molar-refractivity contribution >= 4 is 22.1 Å². The van der Waals surface area contributed by atoms with Crippen LogP contribution in [0.4, 0.5) is 0 Å². The Kier molecular flexibility index (Phi) is 4.33. The van der Waals surface area contributed by atoms with Gasteiger partial charge in [0.1, 0.15) is 23.1 Å². The Bertz CT molecular complexity index is 1040. The van der Waals surface area contributed by atoms with Crippen LogP contribution >= 0.6 is 0 Å². The molecule has 0 spiro atoms. The van der Waals surface area contributed by atoms with Crippen LogP contribution in [0.3, 0.4) is 0 Å². The first-order valence-corrected chi connectivity index (χ1v) is 10.3. The maximum absolute atomic E-state index is 10.4. The molecule has 0 bridgehead atoms. The third-order valence-electron chi connectivity index (χ3n) is 6.59. The number of pyridine rings is 1. The van der Waals surface area contributed by atoms with Crippen LogP contribution in [0.15, 0.2) is 18.5 Å². The minimum absolute atomic E-state index is 0.200. The van der Waals surface area contributed by atoms with E-state index in [-0.39, 0.29) is 5.92 Å². The number of nitrogens with one attached hydrogen (secondary N) is 1. The second-order valence-corrected chi connectivity index (χ2v) is 8.32. The molecular formula is C21H26N6O. The van der Waals surface area contributed by atoms with E-state index in [4.69, 9.17) is 4.98 Å². The number of aliphatic hydroxyl groups excluding tert-OH is 1. The second kappa shape index (κ2) is 6.87. The molecule has 1 aliphatic carbocycles. The molecule has 0 radical (unpaired) electrons. The van der Waals surface area contributed by atoms with Gasteiger partial charge in [0, 0.05) is 30.2 Å². The van der Waals surface area contributed by atoms with Crippen LogP contribution < -0.4 is 0 Å². The van der Waals surface area contributed by atoms with Gasteiger partial charge in [-0.05, 0) is 51.6 Å². The minimum Gasteiger partial charge on any atom is -0.385 e. The number of aromatic amines is 1. The molecule has 2 N–H and O–H groups in total. The van der Waals surface area contributed by atoms with Crippen molar-refractivity contribution < 1.29 is 5.11 Å². The fourth-order valence-electron chi connectivity index (χ4n) is 5.18. The van der Waals surface area contributed by atoms with Crippen molar-refractivity contribution in [3.8, 4) is 6.07 Å². The van der Waals surface area contributed by atoms with Crippen molar-refractivity contribution in [2.45, 2.75) is 57.2 Å². The zero-order chi connectivity index (χ0) is 19.3. The highest BCUT2D eigenvalue weighted by molar-refractivity contribution is 6.01. The fraction of sp³-hybridized carbons (Fsp3) is 0.571. The quantitative estimate of drug-likeness (QED) is 0.729. The topological polar surface area (TPSA) is 93.8 Å². The number of nitriles is 1. The van der Waals surface area contributed by atoms with Crippen LogP contribution in [0, 0.1) is 17.2 Å². The number of likely N-dealkylation sites (tertiary alicyclic amines) is 1. The summed E-state index contributed by atoms with van der Waals surface area (Å²) in [5, 5.41) is 20.6. The van der Waals surface area contributed by atoms with Gasteiger partial charge < -0.3 is 14.7 Å². The lowest BCUT2D eigenvalue weighted by Crippen LogP contribution is -2.37. The maximum Gasteiger partial charge on any atom is 0.139 e. The molecule has 1 saturated carbocycles. The highest BCUT2D eigenvalue weighted by Crippen LogP contribution is 2.38. The first-order valence-electron chi connectivity index (χ1n) is 10.3. The van der Waals surface area contributed by atoms with E-state index < -0.39 is 6.10 Å². The van der Waals surface area contributed by atoms with E-state index in [0.717, 1.165) is 73.1 Å². The molecule has 7 nitrogen and oxygen atoms in total. The van der Waals surface area contributed by atoms with Gasteiger partial charge in [-0.2, -0.15) is 5.26 Å². The molecule has 2 fully saturated rings. The SMILES string of the molecule is C[C@@H](O)c1nc2cnc3[nH]ccc3c2n1C1CCC(N2CCC(C#N)C2)CC1. The normalized spacial score (nSPS) is 27.4. The molecule has 1 saturated heterocycles. The Balaban J connectivity index is 1.46. The van der Waals surface area contributed by atoms with E-state index in [9.17, 15) is 10.4 Å². The summed E-state index contributed by atoms with van der Waals surface area (Å²) in [5.74, 6) is 0.936. The van der Waals surface area contributed by atoms with Gasteiger partial charge >= 0.3 is 0 Å². The van der Waals surface area contributed by atoms with Gasteiger partial charge in [0.2, 0.25) is 0 Å². The summed E-state index contributed by atoms with van der Waals surface area (Å²) >= 11 is 0. The zero-order valence-electron chi connectivity index (χ0n) is 16.2. The first-order chi connectivity index (χ1) is 13.7. The highest BCUT2D eigenvalue weighted by atomic mass is 16.3. The lowest BCUT2D eigenvalue weighted by molar-refractivity contribution is 0.151. The Morgan fingerprint density at radius 3 is 2.75 bits per heavy atom. The fourth-order valence-corrected chi connectivity index (χ4v) is 5.18. The number of imidazole rings is 1. The second-order valence-electron chi connectivity index (χ2n) is 8.32. The monoisotopic (exact) mass is 378 g/mol. The molecule has 2 atom stereocenters. The largest absolute Gasteiger partial charge is 0.385 e. The van der Waals surface area contributed by atoms with Gasteiger partial charge in [-0.15, -0.1) is 0 Å². The smallest absolute Gasteiger partial charge is 0.139 e. The number of aromatic nitrogens is 4. The van der Waals surface area contributed by atoms with E-state index in [2.05, 4.69) is 25.5 Å². The Morgan fingerprint density at radius 1 is 1.25 bits per heavy atom. The van der Waals surface area contributed by atoms with Crippen molar-refractivity contribution in [1.29, 1.82) is 5.26 Å². The Labute approximate surface area is 164 Å². The van der Waals surface area contributed by atoms with Gasteiger partial charge in [-0.25, -0.2) is 9.97 Å². The van der Waals surface area contributed by atoms with E-state index in [1.165, 1.54) is 0 Å². The number of H-pyrrole nitrogens is 1. The molecule has 1 unspecified atom stereocenters. The van der Waals surface area contributed by atoms with Crippen LogP contribution in [0.25, 0.3) is 22.1 Å². The standard InChI is InChI=1S/C21H26N6O/c1-13(28)21-25-18-11-24-20-17(6-8-23-20)19(18)27(21)16-4-2-15(3-5-16)26-9-7-14(10-22)12-26/h6,8,11,13-16,28H,2-5,7,9,12H2,1H3,(H,23,24)/t13-,14?,15?,16?/m1/s1. The molecule has 3 aromatic rings. The van der Waals surface area contributed by atoms with Gasteiger partial charge in [-0.3, -0.25) is 4.90 Å². The van der Waals surface area contributed by atoms with E-state index in [1.807, 2.05) is 12.3 Å². The number of hydrogen-bond acceptors (Lipinski definition) is 5. The third-order valence-corrected chi connectivity index (χ3v) is 6.59. The number of rotatable bonds is 3. The molecule has 0 amide bonds. The summed E-state index contributed by atoms with van der Waals surface area (Å²) in [6, 6.07) is 5.39. The Morgan fingerprint density at radius 2 is 2.04 bits per heavy atom. The van der Waals surface area contributed by atoms with Crippen LogP contribution in [-0.4, -0.2) is 48.7 Å². The van der Waals surface area contributed by atoms with Crippen molar-refractivity contribution in [1.82, 2.24) is 24.4 Å². The van der Waals surface area contributed by atoms with E-state index >= 15 is 0 Å². The highest BCUT2D eigenvalue weighted by Gasteiger charge is 2.33. The predicted octanol–water partition coefficient (Wildman–Crippen LogP) is 3.30. The lowest BCUT2D eigenvalue weighted by atomic mass is 9.89. The van der Waals surface area contributed by atoms with Crippen molar-refractivity contribution in [3.63, 3.8) is 0 Å². The van der Waals surface area contributed by atoms with Crippen molar-refractivity contribution in [2.24, 2.45) is 5.92 Å². The zero-order valence-corrected chi connectivity index (χ0v) is 16.2. The van der Waals surface area contributed by atoms with Crippen LogP contribution in [0.2, 0.25) is 0 Å². The molecule has 4 heterocycles. The third kappa shape index (κ3) is 2.79. The predicted molar refractivity (Wildman–Crippen MR) is 107 cm³/mol. The molecule has 1 aliphatic heterocycles. The number of fused-ring (bicyclic) bond motifs is 3. The Hall–Kier alpha value is -2.43. The average molecular weight is 378 g/mol. The van der Waals surface area contributed by atoms with Gasteiger partial charge in [0.25, 0.3) is 0 Å². The molecule has 3 aromatic heterocycles. The summed E-state index contributed by atoms with van der Waals surface area (Å²) in [5.41, 5.74) is 2.79. The molecule has 146 valence electrons.